The highest BCUT2D eigenvalue weighted by Gasteiger charge is 2.37. The van der Waals surface area contributed by atoms with Gasteiger partial charge in [0.1, 0.15) is 5.54 Å². The molecule has 168 valence electrons. The number of hydrogen-bond donors (Lipinski definition) is 3. The van der Waals surface area contributed by atoms with Crippen LogP contribution in [0.3, 0.4) is 0 Å². The second-order valence-corrected chi connectivity index (χ2v) is 7.34. The Balaban J connectivity index is 2.27. The van der Waals surface area contributed by atoms with Gasteiger partial charge in [-0.05, 0) is 25.7 Å². The summed E-state index contributed by atoms with van der Waals surface area (Å²) in [4.78, 5) is 32.1. The van der Waals surface area contributed by atoms with Gasteiger partial charge < -0.3 is 20.5 Å². The lowest BCUT2D eigenvalue weighted by Gasteiger charge is -2.28. The van der Waals surface area contributed by atoms with Crippen molar-refractivity contribution < 1.29 is 32.6 Å². The quantitative estimate of drug-likeness (QED) is 0.547. The zero-order valence-electron chi connectivity index (χ0n) is 17.0. The van der Waals surface area contributed by atoms with E-state index in [1.54, 1.807) is 13.8 Å². The van der Waals surface area contributed by atoms with Crippen molar-refractivity contribution >= 4 is 17.7 Å². The van der Waals surface area contributed by atoms with Gasteiger partial charge in [-0.1, -0.05) is 33.1 Å². The average molecular weight is 432 g/mol. The third-order valence-corrected chi connectivity index (χ3v) is 5.26. The molecule has 11 heteroatoms. The van der Waals surface area contributed by atoms with Crippen LogP contribution in [-0.4, -0.2) is 51.3 Å². The van der Waals surface area contributed by atoms with Crippen LogP contribution in [0.5, 0.6) is 5.88 Å². The van der Waals surface area contributed by atoms with Gasteiger partial charge in [0.25, 0.3) is 11.8 Å². The van der Waals surface area contributed by atoms with E-state index in [2.05, 4.69) is 20.6 Å². The van der Waals surface area contributed by atoms with Crippen molar-refractivity contribution in [2.75, 3.05) is 11.9 Å². The Morgan fingerprint density at radius 3 is 2.37 bits per heavy atom. The first kappa shape index (κ1) is 23.7. The molecule has 8 nitrogen and oxygen atoms in total. The number of carbonyl (C=O) groups is 2. The van der Waals surface area contributed by atoms with Crippen LogP contribution < -0.4 is 15.4 Å². The monoisotopic (exact) mass is 432 g/mol. The van der Waals surface area contributed by atoms with Crippen LogP contribution in [0.25, 0.3) is 0 Å². The van der Waals surface area contributed by atoms with E-state index in [-0.39, 0.29) is 30.4 Å². The summed E-state index contributed by atoms with van der Waals surface area (Å²) in [5, 5.41) is 14.9. The van der Waals surface area contributed by atoms with Gasteiger partial charge in [0.2, 0.25) is 0 Å². The molecule has 1 aromatic heterocycles. The molecule has 3 N–H and O–H groups in total. The molecule has 0 aromatic carbocycles. The molecular weight excluding hydrogens is 405 g/mol. The van der Waals surface area contributed by atoms with E-state index in [4.69, 9.17) is 4.74 Å². The smallest absolute Gasteiger partial charge is 0.422 e. The van der Waals surface area contributed by atoms with Crippen molar-refractivity contribution in [2.24, 2.45) is 0 Å². The number of nitrogens with zero attached hydrogens (tertiary/aromatic N) is 2. The fourth-order valence-electron chi connectivity index (χ4n) is 3.34. The van der Waals surface area contributed by atoms with Crippen LogP contribution in [0.15, 0.2) is 6.20 Å². The van der Waals surface area contributed by atoms with Crippen LogP contribution in [0.1, 0.15) is 69.3 Å². The van der Waals surface area contributed by atoms with E-state index >= 15 is 0 Å². The number of aromatic nitrogens is 2. The number of carboxylic acids is 1. The van der Waals surface area contributed by atoms with E-state index in [9.17, 15) is 27.9 Å². The van der Waals surface area contributed by atoms with Gasteiger partial charge in [-0.15, -0.1) is 0 Å². The van der Waals surface area contributed by atoms with E-state index in [1.165, 1.54) is 0 Å². The van der Waals surface area contributed by atoms with E-state index < -0.39 is 36.1 Å². The third kappa shape index (κ3) is 6.20. The second-order valence-electron chi connectivity index (χ2n) is 7.34. The molecule has 0 atom stereocenters. The first-order chi connectivity index (χ1) is 14.1. The number of ether oxygens (including phenoxy) is 1. The minimum atomic E-state index is -4.59. The van der Waals surface area contributed by atoms with Crippen LogP contribution >= 0.6 is 0 Å². The molecule has 1 aliphatic rings. The number of anilines is 1. The van der Waals surface area contributed by atoms with Crippen molar-refractivity contribution in [1.29, 1.82) is 0 Å². The van der Waals surface area contributed by atoms with Gasteiger partial charge in [0.05, 0.1) is 6.20 Å². The van der Waals surface area contributed by atoms with Gasteiger partial charge in [0.15, 0.2) is 18.1 Å². The third-order valence-electron chi connectivity index (χ3n) is 5.26. The summed E-state index contributed by atoms with van der Waals surface area (Å²) in [6.45, 7) is 1.63. The highest BCUT2D eigenvalue weighted by molar-refractivity contribution is 5.96. The van der Waals surface area contributed by atoms with Crippen molar-refractivity contribution in [1.82, 2.24) is 15.3 Å². The zero-order chi connectivity index (χ0) is 22.4. The number of halogens is 3. The average Bonchev–Trinajstić information content (AvgIpc) is 2.71. The summed E-state index contributed by atoms with van der Waals surface area (Å²) in [6, 6.07) is 0.0285. The maximum Gasteiger partial charge on any atom is 0.422 e. The summed E-state index contributed by atoms with van der Waals surface area (Å²) >= 11 is 0. The van der Waals surface area contributed by atoms with E-state index in [1.807, 2.05) is 0 Å². The van der Waals surface area contributed by atoms with Gasteiger partial charge in [-0.3, -0.25) is 4.79 Å². The maximum absolute atomic E-state index is 12.7. The Kier molecular flexibility index (Phi) is 7.85. The Labute approximate surface area is 172 Å². The molecule has 0 radical (unpaired) electrons. The van der Waals surface area contributed by atoms with Crippen molar-refractivity contribution in [2.45, 2.75) is 76.6 Å². The highest BCUT2D eigenvalue weighted by Crippen LogP contribution is 2.27. The molecule has 0 spiro atoms. The minimum Gasteiger partial charge on any atom is -0.480 e. The molecule has 30 heavy (non-hydrogen) atoms. The predicted molar refractivity (Wildman–Crippen MR) is 102 cm³/mol. The number of hydrogen-bond acceptors (Lipinski definition) is 6. The van der Waals surface area contributed by atoms with Gasteiger partial charge >= 0.3 is 12.1 Å². The molecule has 1 amide bonds. The van der Waals surface area contributed by atoms with Crippen molar-refractivity contribution in [3.63, 3.8) is 0 Å². The zero-order valence-corrected chi connectivity index (χ0v) is 17.0. The van der Waals surface area contributed by atoms with Crippen LogP contribution in [-0.2, 0) is 4.79 Å². The normalized spacial score (nSPS) is 15.5. The van der Waals surface area contributed by atoms with Crippen LogP contribution in [0, 0.1) is 0 Å². The molecule has 1 aromatic rings. The van der Waals surface area contributed by atoms with E-state index in [0.717, 1.165) is 38.3 Å². The topological polar surface area (TPSA) is 113 Å². The number of carbonyl (C=O) groups excluding carboxylic acids is 1. The first-order valence-electron chi connectivity index (χ1n) is 9.99. The van der Waals surface area contributed by atoms with Gasteiger partial charge in [0, 0.05) is 6.04 Å². The standard InChI is InChI=1S/C19H27F3N4O4/c1-3-18(4-2,17(28)29)26-15(27)13-10-23-14(24-12-8-6-5-7-9-12)16(25-13)30-11-19(20,21)22/h10,12H,3-9,11H2,1-2H3,(H,23,24)(H,26,27)(H,28,29). The summed E-state index contributed by atoms with van der Waals surface area (Å²) in [5.74, 6) is -2.48. The lowest BCUT2D eigenvalue weighted by Crippen LogP contribution is -2.53. The van der Waals surface area contributed by atoms with Crippen LogP contribution in [0.2, 0.25) is 0 Å². The van der Waals surface area contributed by atoms with Crippen molar-refractivity contribution in [3.8, 4) is 5.88 Å². The Bertz CT molecular complexity index is 748. The molecule has 2 rings (SSSR count). The molecular formula is C19H27F3N4O4. The van der Waals surface area contributed by atoms with E-state index in [0.29, 0.717) is 0 Å². The molecule has 0 bridgehead atoms. The Morgan fingerprint density at radius 2 is 1.83 bits per heavy atom. The number of nitrogens with one attached hydrogen (secondary N) is 2. The maximum atomic E-state index is 12.7. The summed E-state index contributed by atoms with van der Waals surface area (Å²) < 4.78 is 42.8. The lowest BCUT2D eigenvalue weighted by molar-refractivity contribution is -0.154. The fraction of sp³-hybridized carbons (Fsp3) is 0.684. The second kappa shape index (κ2) is 9.94. The molecule has 1 heterocycles. The molecule has 1 fully saturated rings. The first-order valence-corrected chi connectivity index (χ1v) is 9.99. The summed E-state index contributed by atoms with van der Waals surface area (Å²) in [6.07, 6.45) is 1.52. The van der Waals surface area contributed by atoms with Crippen molar-refractivity contribution in [3.05, 3.63) is 11.9 Å². The number of carboxylic acid groups (broad SMARTS) is 1. The minimum absolute atomic E-state index is 0.0261. The molecule has 0 saturated heterocycles. The summed E-state index contributed by atoms with van der Waals surface area (Å²) in [7, 11) is 0. The molecule has 0 unspecified atom stereocenters. The summed E-state index contributed by atoms with van der Waals surface area (Å²) in [5.41, 5.74) is -1.83. The number of aliphatic carboxylic acids is 1. The SMILES string of the molecule is CCC(CC)(NC(=O)c1cnc(NC2CCCCC2)c(OCC(F)(F)F)n1)C(=O)O. The van der Waals surface area contributed by atoms with Gasteiger partial charge in [-0.2, -0.15) is 13.2 Å². The number of rotatable bonds is 9. The largest absolute Gasteiger partial charge is 0.480 e. The number of alkyl halides is 3. The molecule has 1 saturated carbocycles. The number of amides is 1. The Hall–Kier alpha value is -2.59. The Morgan fingerprint density at radius 1 is 1.20 bits per heavy atom. The van der Waals surface area contributed by atoms with Crippen LogP contribution in [0.4, 0.5) is 19.0 Å². The predicted octanol–water partition coefficient (Wildman–Crippen LogP) is 3.54. The molecule has 0 aliphatic heterocycles. The van der Waals surface area contributed by atoms with Gasteiger partial charge in [-0.25, -0.2) is 14.8 Å². The lowest BCUT2D eigenvalue weighted by atomic mass is 9.93. The molecule has 1 aliphatic carbocycles. The fourth-order valence-corrected chi connectivity index (χ4v) is 3.34. The highest BCUT2D eigenvalue weighted by atomic mass is 19.4.